The van der Waals surface area contributed by atoms with E-state index in [9.17, 15) is 5.11 Å². The van der Waals surface area contributed by atoms with Gasteiger partial charge in [0.1, 0.15) is 0 Å². The molecule has 1 aromatic heterocycles. The molecule has 1 heterocycles. The Balaban J connectivity index is 2.31. The number of aliphatic hydroxyl groups excluding tert-OH is 1. The number of aryl methyl sites for hydroxylation is 2. The molecule has 0 saturated carbocycles. The number of anilines is 1. The van der Waals surface area contributed by atoms with Crippen molar-refractivity contribution in [3.8, 4) is 11.1 Å². The molecule has 3 N–H and O–H groups in total. The first-order valence-corrected chi connectivity index (χ1v) is 8.04. The molecule has 3 rings (SSSR count). The largest absolute Gasteiger partial charge is 0.398 e. The van der Waals surface area contributed by atoms with E-state index in [-0.39, 0.29) is 6.61 Å². The van der Waals surface area contributed by atoms with E-state index in [0.29, 0.717) is 12.1 Å². The average Bonchev–Trinajstić information content (AvgIpc) is 2.92. The number of rotatable bonds is 4. The van der Waals surface area contributed by atoms with Crippen molar-refractivity contribution in [3.05, 3.63) is 59.1 Å². The van der Waals surface area contributed by atoms with E-state index >= 15 is 0 Å². The van der Waals surface area contributed by atoms with E-state index in [1.165, 1.54) is 0 Å². The maximum Gasteiger partial charge on any atom is 0.190 e. The first-order valence-electron chi connectivity index (χ1n) is 8.04. The summed E-state index contributed by atoms with van der Waals surface area (Å²) < 4.78 is 2.16. The lowest BCUT2D eigenvalue weighted by molar-refractivity contribution is 0.280. The molecule has 0 radical (unpaired) electrons. The Morgan fingerprint density at radius 1 is 1.21 bits per heavy atom. The van der Waals surface area contributed by atoms with Gasteiger partial charge in [-0.3, -0.25) is 0 Å². The van der Waals surface area contributed by atoms with Crippen LogP contribution in [0.25, 0.3) is 26.9 Å². The fraction of sp³-hybridized carbons (Fsp3) is 0.250. The van der Waals surface area contributed by atoms with Gasteiger partial charge in [-0.25, -0.2) is 4.85 Å². The third-order valence-corrected chi connectivity index (χ3v) is 4.54. The second-order valence-corrected chi connectivity index (χ2v) is 6.10. The number of hydrogen-bond donors (Lipinski definition) is 2. The van der Waals surface area contributed by atoms with Crippen LogP contribution >= 0.6 is 0 Å². The minimum Gasteiger partial charge on any atom is -0.398 e. The van der Waals surface area contributed by atoms with Gasteiger partial charge in [0.2, 0.25) is 0 Å². The van der Waals surface area contributed by atoms with Crippen LogP contribution in [0.3, 0.4) is 0 Å². The number of benzene rings is 2. The average molecular weight is 319 g/mol. The number of hydrogen-bond acceptors (Lipinski definition) is 2. The summed E-state index contributed by atoms with van der Waals surface area (Å²) in [6.45, 7) is 12.3. The predicted molar refractivity (Wildman–Crippen MR) is 99.2 cm³/mol. The minimum atomic E-state index is 0.158. The lowest BCUT2D eigenvalue weighted by Crippen LogP contribution is -1.98. The second-order valence-electron chi connectivity index (χ2n) is 6.10. The third-order valence-electron chi connectivity index (χ3n) is 4.54. The Kier molecular flexibility index (Phi) is 4.28. The van der Waals surface area contributed by atoms with Crippen molar-refractivity contribution in [1.29, 1.82) is 0 Å². The second kappa shape index (κ2) is 6.38. The van der Waals surface area contributed by atoms with E-state index in [0.717, 1.165) is 45.4 Å². The number of aromatic nitrogens is 1. The lowest BCUT2D eigenvalue weighted by atomic mass is 9.98. The van der Waals surface area contributed by atoms with Crippen molar-refractivity contribution in [2.75, 3.05) is 12.3 Å². The van der Waals surface area contributed by atoms with Crippen LogP contribution in [0.2, 0.25) is 0 Å². The Bertz CT molecular complexity index is 948. The molecule has 3 aromatic rings. The summed E-state index contributed by atoms with van der Waals surface area (Å²) in [7, 11) is 0. The molecule has 0 fully saturated rings. The molecule has 0 unspecified atom stereocenters. The summed E-state index contributed by atoms with van der Waals surface area (Å²) >= 11 is 0. The van der Waals surface area contributed by atoms with Gasteiger partial charge in [-0.2, -0.15) is 0 Å². The molecule has 0 atom stereocenters. The Morgan fingerprint density at radius 3 is 2.71 bits per heavy atom. The van der Waals surface area contributed by atoms with Gasteiger partial charge in [0.05, 0.1) is 6.57 Å². The fourth-order valence-corrected chi connectivity index (χ4v) is 3.14. The van der Waals surface area contributed by atoms with Gasteiger partial charge in [0.15, 0.2) is 5.69 Å². The van der Waals surface area contributed by atoms with Gasteiger partial charge in [-0.05, 0) is 60.5 Å². The maximum atomic E-state index is 9.17. The predicted octanol–water partition coefficient (Wildman–Crippen LogP) is 4.44. The zero-order valence-corrected chi connectivity index (χ0v) is 14.0. The van der Waals surface area contributed by atoms with Crippen LogP contribution < -0.4 is 5.73 Å². The molecule has 122 valence electrons. The van der Waals surface area contributed by atoms with Crippen molar-refractivity contribution >= 4 is 22.3 Å². The highest BCUT2D eigenvalue weighted by Gasteiger charge is 2.15. The van der Waals surface area contributed by atoms with E-state index < -0.39 is 0 Å². The highest BCUT2D eigenvalue weighted by Crippen LogP contribution is 2.37. The lowest BCUT2D eigenvalue weighted by Gasteiger charge is -2.08. The van der Waals surface area contributed by atoms with Crippen LogP contribution in [0, 0.1) is 20.4 Å². The van der Waals surface area contributed by atoms with Crippen molar-refractivity contribution in [2.45, 2.75) is 26.8 Å². The van der Waals surface area contributed by atoms with Gasteiger partial charge in [0, 0.05) is 36.1 Å². The SMILES string of the molecule is [C-]#[N+]c1cc2c(-c3cccc(N)c3C)cn(CCCO)c2cc1C. The summed E-state index contributed by atoms with van der Waals surface area (Å²) in [6, 6.07) is 9.95. The summed E-state index contributed by atoms with van der Waals surface area (Å²) in [5.41, 5.74) is 12.8. The van der Waals surface area contributed by atoms with Gasteiger partial charge >= 0.3 is 0 Å². The highest BCUT2D eigenvalue weighted by atomic mass is 16.3. The van der Waals surface area contributed by atoms with E-state index in [1.807, 2.05) is 32.0 Å². The molecule has 0 amide bonds. The third kappa shape index (κ3) is 2.64. The van der Waals surface area contributed by atoms with Crippen LogP contribution in [0.5, 0.6) is 0 Å². The molecule has 4 nitrogen and oxygen atoms in total. The molecule has 0 saturated heterocycles. The number of nitrogen functional groups attached to an aromatic ring is 1. The molecule has 4 heteroatoms. The minimum absolute atomic E-state index is 0.158. The molecule has 0 bridgehead atoms. The van der Waals surface area contributed by atoms with E-state index in [2.05, 4.69) is 27.7 Å². The van der Waals surface area contributed by atoms with Crippen LogP contribution in [0.15, 0.2) is 36.5 Å². The molecule has 0 spiro atoms. The molecular weight excluding hydrogens is 298 g/mol. The highest BCUT2D eigenvalue weighted by molar-refractivity contribution is 6.00. The van der Waals surface area contributed by atoms with Crippen LogP contribution in [-0.4, -0.2) is 16.3 Å². The van der Waals surface area contributed by atoms with Crippen molar-refractivity contribution in [1.82, 2.24) is 4.57 Å². The normalized spacial score (nSPS) is 10.9. The Hall–Kier alpha value is -2.77. The Labute approximate surface area is 142 Å². The van der Waals surface area contributed by atoms with Crippen LogP contribution in [0.1, 0.15) is 17.5 Å². The van der Waals surface area contributed by atoms with Gasteiger partial charge in [0.25, 0.3) is 0 Å². The summed E-state index contributed by atoms with van der Waals surface area (Å²) in [5, 5.41) is 10.2. The van der Waals surface area contributed by atoms with E-state index in [4.69, 9.17) is 12.3 Å². The summed E-state index contributed by atoms with van der Waals surface area (Å²) in [4.78, 5) is 3.64. The van der Waals surface area contributed by atoms with Gasteiger partial charge < -0.3 is 15.4 Å². The van der Waals surface area contributed by atoms with Crippen molar-refractivity contribution in [2.24, 2.45) is 0 Å². The fourth-order valence-electron chi connectivity index (χ4n) is 3.14. The first-order chi connectivity index (χ1) is 11.6. The number of nitrogens with zero attached hydrogens (tertiary/aromatic N) is 2. The molecule has 2 aromatic carbocycles. The van der Waals surface area contributed by atoms with Crippen molar-refractivity contribution in [3.63, 3.8) is 0 Å². The van der Waals surface area contributed by atoms with Crippen LogP contribution in [0.4, 0.5) is 11.4 Å². The zero-order valence-electron chi connectivity index (χ0n) is 14.0. The zero-order chi connectivity index (χ0) is 17.3. The molecule has 0 aliphatic heterocycles. The number of aliphatic hydroxyl groups is 1. The summed E-state index contributed by atoms with van der Waals surface area (Å²) in [6.07, 6.45) is 2.80. The van der Waals surface area contributed by atoms with Crippen molar-refractivity contribution < 1.29 is 5.11 Å². The maximum absolute atomic E-state index is 9.17. The molecule has 24 heavy (non-hydrogen) atoms. The topological polar surface area (TPSA) is 55.5 Å². The monoisotopic (exact) mass is 319 g/mol. The first kappa shape index (κ1) is 16.1. The number of fused-ring (bicyclic) bond motifs is 1. The number of nitrogens with two attached hydrogens (primary N) is 1. The smallest absolute Gasteiger partial charge is 0.190 e. The molecule has 0 aliphatic carbocycles. The van der Waals surface area contributed by atoms with Gasteiger partial charge in [-0.1, -0.05) is 12.1 Å². The quantitative estimate of drug-likeness (QED) is 0.552. The Morgan fingerprint density at radius 2 is 2.00 bits per heavy atom. The summed E-state index contributed by atoms with van der Waals surface area (Å²) in [5.74, 6) is 0. The molecular formula is C20H21N3O. The van der Waals surface area contributed by atoms with Gasteiger partial charge in [-0.15, -0.1) is 0 Å². The van der Waals surface area contributed by atoms with Crippen LogP contribution in [-0.2, 0) is 6.54 Å². The standard InChI is InChI=1S/C20H21N3O/c1-13-10-20-16(11-19(13)22-3)17(12-23(20)8-5-9-24)15-6-4-7-18(21)14(15)2/h4,6-7,10-12,24H,5,8-9,21H2,1-2H3. The molecule has 0 aliphatic rings. The van der Waals surface area contributed by atoms with E-state index in [1.54, 1.807) is 0 Å².